The summed E-state index contributed by atoms with van der Waals surface area (Å²) in [5.41, 5.74) is 21.5. The first-order chi connectivity index (χ1) is 11.3. The maximum absolute atomic E-state index is 12.4. The van der Waals surface area contributed by atoms with Crippen molar-refractivity contribution in [1.82, 2.24) is 5.32 Å². The third-order valence-electron chi connectivity index (χ3n) is 3.76. The first-order valence-electron chi connectivity index (χ1n) is 7.37. The van der Waals surface area contributed by atoms with E-state index in [9.17, 15) is 4.79 Å². The number of hydrogen-bond acceptors (Lipinski definition) is 6. The van der Waals surface area contributed by atoms with Crippen LogP contribution in [-0.4, -0.2) is 12.2 Å². The zero-order chi connectivity index (χ0) is 17.9. The monoisotopic (exact) mass is 362 g/mol. The van der Waals surface area contributed by atoms with Crippen molar-refractivity contribution in [2.75, 3.05) is 17.7 Å². The summed E-state index contributed by atoms with van der Waals surface area (Å²) in [5.74, 6) is -0.230. The van der Waals surface area contributed by atoms with Crippen molar-refractivity contribution in [3.63, 3.8) is 0 Å². The molecule has 0 aliphatic rings. The average Bonchev–Trinajstić information content (AvgIpc) is 2.87. The zero-order valence-electron chi connectivity index (χ0n) is 14.0. The van der Waals surface area contributed by atoms with E-state index in [1.165, 1.54) is 16.2 Å². The number of rotatable bonds is 5. The van der Waals surface area contributed by atoms with E-state index in [2.05, 4.69) is 5.32 Å². The molecule has 24 heavy (non-hydrogen) atoms. The molecular formula is C17H22N4OS2. The van der Waals surface area contributed by atoms with Crippen LogP contribution in [0.5, 0.6) is 0 Å². The molecule has 0 spiro atoms. The third kappa shape index (κ3) is 3.85. The van der Waals surface area contributed by atoms with Crippen LogP contribution in [0.1, 0.15) is 34.6 Å². The van der Waals surface area contributed by atoms with Crippen LogP contribution in [0, 0.1) is 0 Å². The molecular weight excluding hydrogens is 340 g/mol. The molecule has 0 atom stereocenters. The van der Waals surface area contributed by atoms with E-state index in [1.807, 2.05) is 37.4 Å². The number of benzene rings is 1. The number of thioether (sulfide) groups is 1. The van der Waals surface area contributed by atoms with E-state index >= 15 is 0 Å². The molecule has 0 unspecified atom stereocenters. The number of nitrogens with two attached hydrogens (primary N) is 3. The zero-order valence-corrected chi connectivity index (χ0v) is 15.6. The second-order valence-electron chi connectivity index (χ2n) is 5.42. The molecule has 0 bridgehead atoms. The van der Waals surface area contributed by atoms with Gasteiger partial charge in [-0.25, -0.2) is 0 Å². The first kappa shape index (κ1) is 18.2. The van der Waals surface area contributed by atoms with Gasteiger partial charge >= 0.3 is 0 Å². The van der Waals surface area contributed by atoms with E-state index < -0.39 is 0 Å². The minimum Gasteiger partial charge on any atom is -0.402 e. The molecule has 7 N–H and O–H groups in total. The van der Waals surface area contributed by atoms with Crippen LogP contribution >= 0.6 is 23.1 Å². The molecule has 7 heteroatoms. The fourth-order valence-electron chi connectivity index (χ4n) is 2.22. The van der Waals surface area contributed by atoms with Crippen molar-refractivity contribution in [2.24, 2.45) is 5.73 Å². The predicted molar refractivity (Wildman–Crippen MR) is 105 cm³/mol. The average molecular weight is 363 g/mol. The highest BCUT2D eigenvalue weighted by atomic mass is 32.2. The van der Waals surface area contributed by atoms with Crippen LogP contribution in [-0.2, 0) is 6.54 Å². The number of thiophene rings is 1. The smallest absolute Gasteiger partial charge is 0.263 e. The number of nitrogen functional groups attached to an aromatic ring is 2. The molecule has 0 radical (unpaired) electrons. The summed E-state index contributed by atoms with van der Waals surface area (Å²) in [6.07, 6.45) is 2.03. The Labute approximate surface area is 150 Å². The number of hydrogen-bond donors (Lipinski definition) is 4. The van der Waals surface area contributed by atoms with E-state index in [0.29, 0.717) is 33.4 Å². The van der Waals surface area contributed by atoms with Crippen molar-refractivity contribution >= 4 is 45.3 Å². The lowest BCUT2D eigenvalue weighted by Gasteiger charge is -2.07. The third-order valence-corrected chi connectivity index (χ3v) is 5.53. The Kier molecular flexibility index (Phi) is 5.80. The minimum atomic E-state index is -0.230. The molecule has 0 saturated heterocycles. The lowest BCUT2D eigenvalue weighted by Crippen LogP contribution is -2.22. The second kappa shape index (κ2) is 7.63. The molecule has 0 aliphatic carbocycles. The standard InChI is InChI=1S/C17H22N4OS2/c1-9(10(2)18)13-14(19)15(24-16(13)20)17(22)21-8-11-4-6-12(23-3)7-5-11/h4-7H,8,18-20H2,1-3H3,(H,21,22)/b10-9-. The summed E-state index contributed by atoms with van der Waals surface area (Å²) < 4.78 is 0. The van der Waals surface area contributed by atoms with Gasteiger partial charge in [-0.05, 0) is 43.4 Å². The summed E-state index contributed by atoms with van der Waals surface area (Å²) in [6.45, 7) is 4.06. The van der Waals surface area contributed by atoms with Gasteiger partial charge in [-0.1, -0.05) is 12.1 Å². The number of carbonyl (C=O) groups excluding carboxylic acids is 1. The Morgan fingerprint density at radius 2 is 1.83 bits per heavy atom. The molecule has 0 fully saturated rings. The van der Waals surface area contributed by atoms with Crippen molar-refractivity contribution in [3.05, 3.63) is 46.0 Å². The number of amides is 1. The second-order valence-corrected chi connectivity index (χ2v) is 7.35. The Morgan fingerprint density at radius 1 is 1.21 bits per heavy atom. The fourth-order valence-corrected chi connectivity index (χ4v) is 3.59. The summed E-state index contributed by atoms with van der Waals surface area (Å²) in [7, 11) is 0. The topological polar surface area (TPSA) is 107 Å². The molecule has 2 aromatic rings. The SMILES string of the molecule is CSc1ccc(CNC(=O)c2sc(N)c(/C(C)=C(/C)N)c2N)cc1. The highest BCUT2D eigenvalue weighted by Crippen LogP contribution is 2.38. The highest BCUT2D eigenvalue weighted by molar-refractivity contribution is 7.98. The number of carbonyl (C=O) groups is 1. The lowest BCUT2D eigenvalue weighted by atomic mass is 10.1. The largest absolute Gasteiger partial charge is 0.402 e. The Bertz CT molecular complexity index is 775. The number of nitrogens with one attached hydrogen (secondary N) is 1. The maximum atomic E-state index is 12.4. The van der Waals surface area contributed by atoms with E-state index in [4.69, 9.17) is 17.2 Å². The summed E-state index contributed by atoms with van der Waals surface area (Å²) in [5, 5.41) is 3.39. The molecule has 2 rings (SSSR count). The van der Waals surface area contributed by atoms with Crippen molar-refractivity contribution < 1.29 is 4.79 Å². The first-order valence-corrected chi connectivity index (χ1v) is 9.41. The fraction of sp³-hybridized carbons (Fsp3) is 0.235. The Morgan fingerprint density at radius 3 is 2.38 bits per heavy atom. The van der Waals surface area contributed by atoms with Crippen LogP contribution in [0.15, 0.2) is 34.9 Å². The molecule has 1 amide bonds. The van der Waals surface area contributed by atoms with Gasteiger partial charge in [0.25, 0.3) is 5.91 Å². The maximum Gasteiger partial charge on any atom is 0.263 e. The lowest BCUT2D eigenvalue weighted by molar-refractivity contribution is 0.0955. The molecule has 5 nitrogen and oxygen atoms in total. The normalized spacial score (nSPS) is 12.0. The molecule has 0 saturated carbocycles. The van der Waals surface area contributed by atoms with E-state index in [-0.39, 0.29) is 5.91 Å². The Balaban J connectivity index is 2.15. The van der Waals surface area contributed by atoms with Crippen LogP contribution in [0.4, 0.5) is 10.7 Å². The van der Waals surface area contributed by atoms with Gasteiger partial charge in [-0.3, -0.25) is 4.79 Å². The van der Waals surface area contributed by atoms with Gasteiger partial charge in [-0.15, -0.1) is 23.1 Å². The summed E-state index contributed by atoms with van der Waals surface area (Å²) in [6, 6.07) is 8.04. The van der Waals surface area contributed by atoms with E-state index in [0.717, 1.165) is 11.1 Å². The molecule has 128 valence electrons. The van der Waals surface area contributed by atoms with Crippen molar-refractivity contribution in [2.45, 2.75) is 25.3 Å². The van der Waals surface area contributed by atoms with Crippen LogP contribution in [0.3, 0.4) is 0 Å². The van der Waals surface area contributed by atoms with Gasteiger partial charge in [0.05, 0.1) is 10.7 Å². The van der Waals surface area contributed by atoms with Gasteiger partial charge in [0, 0.05) is 22.7 Å². The predicted octanol–water partition coefficient (Wildman–Crippen LogP) is 3.27. The van der Waals surface area contributed by atoms with Crippen LogP contribution < -0.4 is 22.5 Å². The van der Waals surface area contributed by atoms with Crippen molar-refractivity contribution in [1.29, 1.82) is 0 Å². The number of allylic oxidation sites excluding steroid dienone is 2. The van der Waals surface area contributed by atoms with Gasteiger partial charge < -0.3 is 22.5 Å². The molecule has 1 heterocycles. The highest BCUT2D eigenvalue weighted by Gasteiger charge is 2.21. The summed E-state index contributed by atoms with van der Waals surface area (Å²) >= 11 is 2.86. The van der Waals surface area contributed by atoms with Gasteiger partial charge in [0.1, 0.15) is 4.88 Å². The number of anilines is 2. The van der Waals surface area contributed by atoms with Gasteiger partial charge in [0.2, 0.25) is 0 Å². The van der Waals surface area contributed by atoms with E-state index in [1.54, 1.807) is 18.7 Å². The molecule has 1 aromatic carbocycles. The Hall–Kier alpha value is -2.12. The van der Waals surface area contributed by atoms with Gasteiger partial charge in [0.15, 0.2) is 0 Å². The quantitative estimate of drug-likeness (QED) is 0.611. The minimum absolute atomic E-state index is 0.230. The molecule has 1 aromatic heterocycles. The molecule has 0 aliphatic heterocycles. The van der Waals surface area contributed by atoms with Gasteiger partial charge in [-0.2, -0.15) is 0 Å². The van der Waals surface area contributed by atoms with Crippen LogP contribution in [0.2, 0.25) is 0 Å². The summed E-state index contributed by atoms with van der Waals surface area (Å²) in [4.78, 5) is 14.0. The van der Waals surface area contributed by atoms with Crippen LogP contribution in [0.25, 0.3) is 5.57 Å². The van der Waals surface area contributed by atoms with Crippen molar-refractivity contribution in [3.8, 4) is 0 Å².